The highest BCUT2D eigenvalue weighted by Crippen LogP contribution is 2.29. The first-order valence-corrected chi connectivity index (χ1v) is 4.91. The van der Waals surface area contributed by atoms with Gasteiger partial charge in [0.2, 0.25) is 0 Å². The second-order valence-electron chi connectivity index (χ2n) is 3.50. The third-order valence-electron chi connectivity index (χ3n) is 2.07. The summed E-state index contributed by atoms with van der Waals surface area (Å²) >= 11 is 0. The van der Waals surface area contributed by atoms with Crippen molar-refractivity contribution >= 4 is 12.4 Å². The molecule has 1 aromatic carbocycles. The second kappa shape index (κ2) is 5.48. The van der Waals surface area contributed by atoms with Crippen LogP contribution in [0.5, 0.6) is 0 Å². The Labute approximate surface area is 97.3 Å². The van der Waals surface area contributed by atoms with Gasteiger partial charge in [-0.2, -0.15) is 13.2 Å². The van der Waals surface area contributed by atoms with Crippen LogP contribution in [0.3, 0.4) is 0 Å². The molecule has 0 fully saturated rings. The second-order valence-corrected chi connectivity index (χ2v) is 3.50. The van der Waals surface area contributed by atoms with Crippen LogP contribution in [0.25, 0.3) is 6.08 Å². The summed E-state index contributed by atoms with van der Waals surface area (Å²) in [6, 6.07) is 4.84. The van der Waals surface area contributed by atoms with E-state index < -0.39 is 11.7 Å². The third kappa shape index (κ3) is 4.26. The van der Waals surface area contributed by atoms with Gasteiger partial charge in [-0.3, -0.25) is 4.79 Å². The molecule has 0 aliphatic carbocycles. The van der Waals surface area contributed by atoms with E-state index in [-0.39, 0.29) is 0 Å². The number of hydrogen-bond donors (Lipinski definition) is 0. The molecular formula is C13H11F3O. The summed E-state index contributed by atoms with van der Waals surface area (Å²) in [6.45, 7) is 1.76. The Balaban J connectivity index is 2.89. The minimum atomic E-state index is -4.31. The highest BCUT2D eigenvalue weighted by Gasteiger charge is 2.29. The summed E-state index contributed by atoms with van der Waals surface area (Å²) in [5.41, 5.74) is 0.777. The molecule has 0 saturated heterocycles. The molecule has 0 saturated carbocycles. The average molecular weight is 240 g/mol. The van der Waals surface area contributed by atoms with Crippen molar-refractivity contribution in [1.82, 2.24) is 0 Å². The number of aldehydes is 1. The molecule has 0 radical (unpaired) electrons. The van der Waals surface area contributed by atoms with Crippen LogP contribution in [-0.2, 0) is 11.0 Å². The maximum absolute atomic E-state index is 12.3. The summed E-state index contributed by atoms with van der Waals surface area (Å²) in [6.07, 6.45) is 0.944. The lowest BCUT2D eigenvalue weighted by Gasteiger charge is -2.06. The van der Waals surface area contributed by atoms with Gasteiger partial charge in [-0.25, -0.2) is 0 Å². The van der Waals surface area contributed by atoms with Crippen LogP contribution < -0.4 is 0 Å². The molecule has 90 valence electrons. The zero-order chi connectivity index (χ0) is 12.9. The van der Waals surface area contributed by atoms with Gasteiger partial charge in [0.25, 0.3) is 0 Å². The Morgan fingerprint density at radius 1 is 1.18 bits per heavy atom. The minimum Gasteiger partial charge on any atom is -0.299 e. The molecule has 0 unspecified atom stereocenters. The number of alkyl halides is 3. The van der Waals surface area contributed by atoms with E-state index in [0.29, 0.717) is 11.8 Å². The fraction of sp³-hybridized carbons (Fsp3) is 0.154. The van der Waals surface area contributed by atoms with E-state index in [1.165, 1.54) is 18.2 Å². The van der Waals surface area contributed by atoms with Crippen molar-refractivity contribution in [2.75, 3.05) is 0 Å². The molecule has 17 heavy (non-hydrogen) atoms. The predicted octanol–water partition coefficient (Wildman–Crippen LogP) is 3.86. The predicted molar refractivity (Wildman–Crippen MR) is 60.3 cm³/mol. The maximum Gasteiger partial charge on any atom is 0.416 e. The first kappa shape index (κ1) is 13.2. The van der Waals surface area contributed by atoms with Crippen LogP contribution >= 0.6 is 0 Å². The molecule has 1 rings (SSSR count). The Kier molecular flexibility index (Phi) is 4.26. The van der Waals surface area contributed by atoms with Crippen LogP contribution in [0.2, 0.25) is 0 Å². The third-order valence-corrected chi connectivity index (χ3v) is 2.07. The number of benzene rings is 1. The first-order chi connectivity index (χ1) is 7.93. The highest BCUT2D eigenvalue weighted by molar-refractivity contribution is 5.67. The van der Waals surface area contributed by atoms with Gasteiger partial charge in [-0.05, 0) is 30.7 Å². The smallest absolute Gasteiger partial charge is 0.299 e. The summed E-state index contributed by atoms with van der Waals surface area (Å²) in [4.78, 5) is 10.1. The van der Waals surface area contributed by atoms with Crippen molar-refractivity contribution in [1.29, 1.82) is 0 Å². The fourth-order valence-electron chi connectivity index (χ4n) is 1.27. The standard InChI is InChI=1S/C13H11F3O/c1-10(3-2-8-17)9-11-4-6-12(7-5-11)13(14,15)16/h2-9H,1H3. The van der Waals surface area contributed by atoms with E-state index >= 15 is 0 Å². The van der Waals surface area contributed by atoms with Crippen molar-refractivity contribution in [3.63, 3.8) is 0 Å². The van der Waals surface area contributed by atoms with Crippen molar-refractivity contribution in [2.24, 2.45) is 0 Å². The van der Waals surface area contributed by atoms with E-state index in [1.807, 2.05) is 0 Å². The SMILES string of the molecule is CC(C=CC=O)=Cc1ccc(C(F)(F)F)cc1. The van der Waals surface area contributed by atoms with E-state index in [9.17, 15) is 18.0 Å². The van der Waals surface area contributed by atoms with E-state index in [0.717, 1.165) is 17.7 Å². The van der Waals surface area contributed by atoms with E-state index in [4.69, 9.17) is 0 Å². The van der Waals surface area contributed by atoms with Crippen LogP contribution in [0, 0.1) is 0 Å². The van der Waals surface area contributed by atoms with Gasteiger partial charge in [0, 0.05) is 0 Å². The Hall–Kier alpha value is -1.84. The zero-order valence-corrected chi connectivity index (χ0v) is 9.16. The Morgan fingerprint density at radius 2 is 1.76 bits per heavy atom. The molecule has 0 bridgehead atoms. The monoisotopic (exact) mass is 240 g/mol. The van der Waals surface area contributed by atoms with Gasteiger partial charge in [0.15, 0.2) is 0 Å². The summed E-state index contributed by atoms with van der Waals surface area (Å²) in [5, 5.41) is 0. The normalized spacial score (nSPS) is 13.1. The summed E-state index contributed by atoms with van der Waals surface area (Å²) in [7, 11) is 0. The van der Waals surface area contributed by atoms with Crippen LogP contribution in [0.1, 0.15) is 18.1 Å². The molecule has 0 spiro atoms. The Bertz CT molecular complexity index is 439. The van der Waals surface area contributed by atoms with Gasteiger partial charge < -0.3 is 0 Å². The fourth-order valence-corrected chi connectivity index (χ4v) is 1.27. The van der Waals surface area contributed by atoms with Crippen LogP contribution in [-0.4, -0.2) is 6.29 Å². The number of hydrogen-bond acceptors (Lipinski definition) is 1. The quantitative estimate of drug-likeness (QED) is 0.445. The van der Waals surface area contributed by atoms with Gasteiger partial charge in [-0.15, -0.1) is 0 Å². The highest BCUT2D eigenvalue weighted by atomic mass is 19.4. The lowest BCUT2D eigenvalue weighted by molar-refractivity contribution is -0.137. The maximum atomic E-state index is 12.3. The molecule has 4 heteroatoms. The van der Waals surface area contributed by atoms with Crippen molar-refractivity contribution in [3.05, 3.63) is 53.1 Å². The lowest BCUT2D eigenvalue weighted by Crippen LogP contribution is -2.03. The molecule has 0 aromatic heterocycles. The largest absolute Gasteiger partial charge is 0.416 e. The molecule has 0 heterocycles. The lowest BCUT2D eigenvalue weighted by atomic mass is 10.1. The van der Waals surface area contributed by atoms with Crippen LogP contribution in [0.15, 0.2) is 42.0 Å². The molecule has 1 aromatic rings. The van der Waals surface area contributed by atoms with Gasteiger partial charge in [-0.1, -0.05) is 29.9 Å². The number of carbonyl (C=O) groups excluding carboxylic acids is 1. The summed E-state index contributed by atoms with van der Waals surface area (Å²) in [5.74, 6) is 0. The van der Waals surface area contributed by atoms with Crippen molar-refractivity contribution in [2.45, 2.75) is 13.1 Å². The molecule has 1 nitrogen and oxygen atoms in total. The molecule has 0 aliphatic heterocycles. The number of halogens is 3. The number of carbonyl (C=O) groups is 1. The minimum absolute atomic E-state index is 0.643. The molecule has 0 N–H and O–H groups in total. The van der Waals surface area contributed by atoms with E-state index in [2.05, 4.69) is 0 Å². The van der Waals surface area contributed by atoms with Crippen molar-refractivity contribution in [3.8, 4) is 0 Å². The summed E-state index contributed by atoms with van der Waals surface area (Å²) < 4.78 is 36.8. The topological polar surface area (TPSA) is 17.1 Å². The molecule has 0 atom stereocenters. The van der Waals surface area contributed by atoms with Crippen molar-refractivity contribution < 1.29 is 18.0 Å². The van der Waals surface area contributed by atoms with Gasteiger partial charge in [0.05, 0.1) is 5.56 Å². The molecule has 0 amide bonds. The average Bonchev–Trinajstić information content (AvgIpc) is 2.26. The first-order valence-electron chi connectivity index (χ1n) is 4.91. The van der Waals surface area contributed by atoms with Gasteiger partial charge in [0.1, 0.15) is 6.29 Å². The molecular weight excluding hydrogens is 229 g/mol. The zero-order valence-electron chi connectivity index (χ0n) is 9.16. The van der Waals surface area contributed by atoms with Gasteiger partial charge >= 0.3 is 6.18 Å². The molecule has 0 aliphatic rings. The number of rotatable bonds is 3. The van der Waals surface area contributed by atoms with Crippen LogP contribution in [0.4, 0.5) is 13.2 Å². The number of allylic oxidation sites excluding steroid dienone is 3. The Morgan fingerprint density at radius 3 is 2.24 bits per heavy atom. The van der Waals surface area contributed by atoms with E-state index in [1.54, 1.807) is 19.1 Å².